The highest BCUT2D eigenvalue weighted by molar-refractivity contribution is 5.98. The topological polar surface area (TPSA) is 254 Å². The first kappa shape index (κ1) is 61.3. The van der Waals surface area contributed by atoms with Gasteiger partial charge in [-0.25, -0.2) is 19.4 Å². The Morgan fingerprint density at radius 2 is 1.18 bits per heavy atom. The van der Waals surface area contributed by atoms with E-state index in [0.717, 1.165) is 22.6 Å². The summed E-state index contributed by atoms with van der Waals surface area (Å²) < 4.78 is 71.4. The van der Waals surface area contributed by atoms with Crippen LogP contribution < -0.4 is 38.9 Å². The first-order valence-electron chi connectivity index (χ1n) is 26.9. The Hall–Kier alpha value is -8.34. The van der Waals surface area contributed by atoms with Crippen LogP contribution in [0.25, 0.3) is 0 Å². The number of nitrogens with one attached hydrogen (secondary N) is 2. The highest BCUT2D eigenvalue weighted by Gasteiger charge is 2.40. The number of hydrogen-bond acceptors (Lipinski definition) is 19. The largest absolute Gasteiger partial charge is 0.493 e. The van der Waals surface area contributed by atoms with Gasteiger partial charge in [-0.1, -0.05) is 92.7 Å². The van der Waals surface area contributed by atoms with E-state index in [1.807, 2.05) is 105 Å². The molecule has 0 spiro atoms. The molecular formula is C60H71N4O18+. The SMILES string of the molecule is COc1ccnc(C(=O)NC2COCC(OCC(C)C)C(Cc3ccccc3)C(C)OC2=O)c1OCOC(=O)C[n+]1ccc(OC)c(OCOC(C)=O)c1C(=O)NC1COCC(Oc2ccccc2)C(Cc2ccccc2)C(C)OC1=O. The van der Waals surface area contributed by atoms with Gasteiger partial charge in [0.2, 0.25) is 25.9 Å². The monoisotopic (exact) mass is 1140 g/mol. The summed E-state index contributed by atoms with van der Waals surface area (Å²) >= 11 is 0. The maximum atomic E-state index is 14.6. The maximum absolute atomic E-state index is 14.6. The number of cyclic esters (lactones) is 2. The molecule has 22 heteroatoms. The van der Waals surface area contributed by atoms with E-state index >= 15 is 0 Å². The number of para-hydroxylation sites is 1. The molecule has 2 aromatic heterocycles. The van der Waals surface area contributed by atoms with Gasteiger partial charge >= 0.3 is 35.5 Å². The summed E-state index contributed by atoms with van der Waals surface area (Å²) in [5, 5.41) is 5.33. The molecule has 0 radical (unpaired) electrons. The van der Waals surface area contributed by atoms with Gasteiger partial charge in [0, 0.05) is 43.7 Å². The van der Waals surface area contributed by atoms with Crippen molar-refractivity contribution in [2.45, 2.75) is 90.5 Å². The first-order valence-corrected chi connectivity index (χ1v) is 26.9. The Morgan fingerprint density at radius 3 is 1.76 bits per heavy atom. The van der Waals surface area contributed by atoms with Crippen molar-refractivity contribution >= 4 is 35.7 Å². The molecule has 2 aliphatic heterocycles. The van der Waals surface area contributed by atoms with Crippen LogP contribution in [-0.4, -0.2) is 138 Å². The number of pyridine rings is 2. The molecule has 82 heavy (non-hydrogen) atoms. The quantitative estimate of drug-likeness (QED) is 0.0369. The van der Waals surface area contributed by atoms with E-state index in [9.17, 15) is 28.8 Å². The number of methoxy groups -OCH3 is 2. The fourth-order valence-corrected chi connectivity index (χ4v) is 9.23. The lowest BCUT2D eigenvalue weighted by Crippen LogP contribution is -2.51. The Labute approximate surface area is 475 Å². The zero-order valence-electron chi connectivity index (χ0n) is 47.0. The van der Waals surface area contributed by atoms with Crippen molar-refractivity contribution in [1.82, 2.24) is 15.6 Å². The number of benzene rings is 3. The highest BCUT2D eigenvalue weighted by atomic mass is 16.7. The first-order chi connectivity index (χ1) is 39.6. The molecule has 5 aromatic rings. The summed E-state index contributed by atoms with van der Waals surface area (Å²) in [6, 6.07) is 28.7. The predicted molar refractivity (Wildman–Crippen MR) is 291 cm³/mol. The average molecular weight is 1140 g/mol. The summed E-state index contributed by atoms with van der Waals surface area (Å²) in [6.07, 6.45) is 1.21. The zero-order chi connectivity index (χ0) is 58.5. The Balaban J connectivity index is 1.06. The summed E-state index contributed by atoms with van der Waals surface area (Å²) in [7, 11) is 2.63. The van der Waals surface area contributed by atoms with Crippen molar-refractivity contribution in [3.63, 3.8) is 0 Å². The van der Waals surface area contributed by atoms with Crippen LogP contribution in [0, 0.1) is 17.8 Å². The van der Waals surface area contributed by atoms with E-state index in [2.05, 4.69) is 15.6 Å². The van der Waals surface area contributed by atoms with Gasteiger partial charge < -0.3 is 67.5 Å². The minimum atomic E-state index is -1.40. The van der Waals surface area contributed by atoms with Crippen LogP contribution in [0.5, 0.6) is 28.7 Å². The van der Waals surface area contributed by atoms with E-state index in [4.69, 9.17) is 56.8 Å². The highest BCUT2D eigenvalue weighted by Crippen LogP contribution is 2.32. The third-order valence-corrected chi connectivity index (χ3v) is 13.4. The Kier molecular flexibility index (Phi) is 22.8. The van der Waals surface area contributed by atoms with Crippen LogP contribution in [-0.2, 0) is 71.7 Å². The van der Waals surface area contributed by atoms with Crippen LogP contribution in [0.2, 0.25) is 0 Å². The van der Waals surface area contributed by atoms with Gasteiger partial charge in [-0.05, 0) is 55.9 Å². The second-order valence-corrected chi connectivity index (χ2v) is 19.9. The number of carbonyl (C=O) groups excluding carboxylic acids is 6. The molecule has 0 bridgehead atoms. The zero-order valence-corrected chi connectivity index (χ0v) is 47.0. The van der Waals surface area contributed by atoms with Gasteiger partial charge in [0.05, 0.1) is 46.8 Å². The fourth-order valence-electron chi connectivity index (χ4n) is 9.23. The second kappa shape index (κ2) is 30.5. The average Bonchev–Trinajstić information content (AvgIpc) is 3.71. The van der Waals surface area contributed by atoms with Crippen LogP contribution >= 0.6 is 0 Å². The van der Waals surface area contributed by atoms with E-state index in [0.29, 0.717) is 25.2 Å². The molecule has 7 rings (SSSR count). The van der Waals surface area contributed by atoms with Gasteiger partial charge in [0.25, 0.3) is 5.91 Å². The number of hydrogen-bond donors (Lipinski definition) is 2. The number of amides is 2. The summed E-state index contributed by atoms with van der Waals surface area (Å²) in [6.45, 7) is 6.56. The Bertz CT molecular complexity index is 2910. The van der Waals surface area contributed by atoms with Gasteiger partial charge in [-0.15, -0.1) is 0 Å². The van der Waals surface area contributed by atoms with E-state index < -0.39 is 98.2 Å². The second-order valence-electron chi connectivity index (χ2n) is 19.9. The van der Waals surface area contributed by atoms with Crippen LogP contribution in [0.3, 0.4) is 0 Å². The van der Waals surface area contributed by atoms with Crippen molar-refractivity contribution in [1.29, 1.82) is 0 Å². The van der Waals surface area contributed by atoms with Crippen molar-refractivity contribution < 1.29 is 90.2 Å². The van der Waals surface area contributed by atoms with Crippen molar-refractivity contribution in [3.8, 4) is 28.7 Å². The Morgan fingerprint density at radius 1 is 0.659 bits per heavy atom. The smallest absolute Gasteiger partial charge is 0.375 e. The number of nitrogens with zero attached hydrogens (tertiary/aromatic N) is 2. The number of aromatic nitrogens is 2. The van der Waals surface area contributed by atoms with Crippen LogP contribution in [0.15, 0.2) is 116 Å². The molecule has 4 heterocycles. The minimum absolute atomic E-state index is 0.00960. The lowest BCUT2D eigenvalue weighted by molar-refractivity contribution is -0.688. The van der Waals surface area contributed by atoms with Crippen molar-refractivity contribution in [3.05, 3.63) is 138 Å². The maximum Gasteiger partial charge on any atom is 0.375 e. The minimum Gasteiger partial charge on any atom is -0.493 e. The van der Waals surface area contributed by atoms with Gasteiger partial charge in [-0.3, -0.25) is 14.4 Å². The van der Waals surface area contributed by atoms with Crippen LogP contribution in [0.1, 0.15) is 66.7 Å². The lowest BCUT2D eigenvalue weighted by atomic mass is 9.89. The van der Waals surface area contributed by atoms with E-state index in [1.54, 1.807) is 13.8 Å². The van der Waals surface area contributed by atoms with Crippen LogP contribution in [0.4, 0.5) is 0 Å². The molecule has 22 nitrogen and oxygen atoms in total. The molecule has 2 N–H and O–H groups in total. The number of ether oxygens (including phenoxy) is 12. The molecule has 3 aromatic carbocycles. The van der Waals surface area contributed by atoms with Gasteiger partial charge in [-0.2, -0.15) is 4.57 Å². The molecule has 2 saturated heterocycles. The third-order valence-electron chi connectivity index (χ3n) is 13.4. The van der Waals surface area contributed by atoms with Gasteiger partial charge in [0.15, 0.2) is 41.2 Å². The molecule has 438 valence electrons. The van der Waals surface area contributed by atoms with E-state index in [1.165, 1.54) is 38.7 Å². The molecule has 0 saturated carbocycles. The lowest BCUT2D eigenvalue weighted by Gasteiger charge is -2.31. The number of rotatable bonds is 23. The predicted octanol–water partition coefficient (Wildman–Crippen LogP) is 5.19. The standard InChI is InChI=1S/C60H70N4O18/c1-37(2)30-75-50-33-73-31-46(59(69)80-38(3)44(50)27-41-17-11-8-12-18-41)62-57(67)53-55(48(71-6)23-25-61-53)78-36-77-52(66)29-64-26-24-49(72-7)56(79-35-76-40(5)65)54(64)58(68)63-47-32-74-34-51(82-43-21-15-10-16-22-43)45(39(4)81-60(47)70)28-42-19-13-9-14-20-42/h8-26,37-39,44-47,50-51H,27-36H2,1-7H3,(H-,62,63,67,68)/p+1. The molecule has 2 fully saturated rings. The summed E-state index contributed by atoms with van der Waals surface area (Å²) in [4.78, 5) is 86.3. The summed E-state index contributed by atoms with van der Waals surface area (Å²) in [5.41, 5.74) is 1.31. The fraction of sp³-hybridized carbons (Fsp3) is 0.433. The molecule has 2 amide bonds. The number of carbonyl (C=O) groups is 6. The number of esters is 4. The van der Waals surface area contributed by atoms with E-state index in [-0.39, 0.29) is 72.6 Å². The molecule has 0 aliphatic carbocycles. The molecular weight excluding hydrogens is 1060 g/mol. The molecule has 8 unspecified atom stereocenters. The van der Waals surface area contributed by atoms with Crippen molar-refractivity contribution in [2.75, 3.05) is 60.8 Å². The molecule has 8 atom stereocenters. The molecule has 2 aliphatic rings. The normalized spacial score (nSPS) is 21.2. The third kappa shape index (κ3) is 17.3. The summed E-state index contributed by atoms with van der Waals surface area (Å²) in [5.74, 6) is -5.43. The van der Waals surface area contributed by atoms with Crippen molar-refractivity contribution in [2.24, 2.45) is 17.8 Å². The van der Waals surface area contributed by atoms with Gasteiger partial charge in [0.1, 0.15) is 24.1 Å².